The highest BCUT2D eigenvalue weighted by molar-refractivity contribution is 7.18. The van der Waals surface area contributed by atoms with Gasteiger partial charge in [-0.1, -0.05) is 6.92 Å². The second-order valence-corrected chi connectivity index (χ2v) is 8.47. The molecule has 5 rings (SSSR count). The fraction of sp³-hybridized carbons (Fsp3) is 0.400. The molecule has 0 aliphatic heterocycles. The van der Waals surface area contributed by atoms with Gasteiger partial charge in [0, 0.05) is 4.88 Å². The fourth-order valence-corrected chi connectivity index (χ4v) is 5.28. The minimum atomic E-state index is -0.0156. The molecule has 0 fully saturated rings. The number of hydrogen-bond acceptors (Lipinski definition) is 7. The maximum absolute atomic E-state index is 12.7. The minimum absolute atomic E-state index is 0.0156. The van der Waals surface area contributed by atoms with E-state index < -0.39 is 0 Å². The van der Waals surface area contributed by atoms with E-state index in [-0.39, 0.29) is 5.56 Å². The first-order chi connectivity index (χ1) is 14.2. The molecule has 9 heteroatoms. The first-order valence-electron chi connectivity index (χ1n) is 9.94. The molecule has 29 heavy (non-hydrogen) atoms. The molecule has 8 nitrogen and oxygen atoms in total. The van der Waals surface area contributed by atoms with Crippen molar-refractivity contribution in [3.05, 3.63) is 50.9 Å². The number of fused-ring (bicyclic) bond motifs is 3. The molecule has 2 N–H and O–H groups in total. The average molecular weight is 412 g/mol. The lowest BCUT2D eigenvalue weighted by Gasteiger charge is -2.16. The number of hydrogen-bond donors (Lipinski definition) is 2. The number of nitrogens with one attached hydrogen (secondary N) is 2. The Balaban J connectivity index is 1.37. The number of thiophene rings is 1. The van der Waals surface area contributed by atoms with Crippen molar-refractivity contribution in [1.82, 2.24) is 20.2 Å². The van der Waals surface area contributed by atoms with Gasteiger partial charge in [0.15, 0.2) is 18.1 Å². The Morgan fingerprint density at radius 2 is 2.21 bits per heavy atom. The van der Waals surface area contributed by atoms with Crippen molar-refractivity contribution in [1.29, 1.82) is 0 Å². The van der Waals surface area contributed by atoms with E-state index in [0.29, 0.717) is 36.5 Å². The van der Waals surface area contributed by atoms with Crippen molar-refractivity contribution in [3.8, 4) is 11.7 Å². The average Bonchev–Trinajstić information content (AvgIpc) is 3.45. The van der Waals surface area contributed by atoms with E-state index in [9.17, 15) is 4.79 Å². The predicted octanol–water partition coefficient (Wildman–Crippen LogP) is 2.11. The lowest BCUT2D eigenvalue weighted by molar-refractivity contribution is -0.929. The van der Waals surface area contributed by atoms with Crippen LogP contribution in [0.1, 0.15) is 41.9 Å². The van der Waals surface area contributed by atoms with Crippen molar-refractivity contribution >= 4 is 21.6 Å². The SMILES string of the molecule is CCC[NH+](Cc1nc2sc3c(c2c(=O)[nH]1)CCC3)Cc1nnc(-c2ccco2)o1. The molecule has 0 bridgehead atoms. The summed E-state index contributed by atoms with van der Waals surface area (Å²) < 4.78 is 11.1. The van der Waals surface area contributed by atoms with Crippen LogP contribution in [0.5, 0.6) is 0 Å². The van der Waals surface area contributed by atoms with Crippen molar-refractivity contribution in [2.24, 2.45) is 0 Å². The Hall–Kier alpha value is -2.78. The number of aryl methyl sites for hydroxylation is 2. The summed E-state index contributed by atoms with van der Waals surface area (Å²) in [6.45, 7) is 4.19. The van der Waals surface area contributed by atoms with Crippen LogP contribution in [0.2, 0.25) is 0 Å². The van der Waals surface area contributed by atoms with Crippen molar-refractivity contribution < 1.29 is 13.7 Å². The first-order valence-corrected chi connectivity index (χ1v) is 10.8. The standard InChI is InChI=1S/C20H21N5O3S/c1-2-8-25(11-16-23-24-19(28-16)13-6-4-9-27-13)10-15-21-18(26)17-12-5-3-7-14(12)29-20(17)22-15/h4,6,9H,2-3,5,7-8,10-11H2,1H3,(H,21,22,26)/p+1. The summed E-state index contributed by atoms with van der Waals surface area (Å²) in [6, 6.07) is 3.57. The zero-order valence-electron chi connectivity index (χ0n) is 16.2. The molecule has 1 atom stereocenters. The van der Waals surface area contributed by atoms with Gasteiger partial charge < -0.3 is 18.7 Å². The summed E-state index contributed by atoms with van der Waals surface area (Å²) in [6.07, 6.45) is 5.76. The van der Waals surface area contributed by atoms with Crippen LogP contribution in [-0.2, 0) is 25.9 Å². The van der Waals surface area contributed by atoms with Gasteiger partial charge in [0.05, 0.1) is 18.2 Å². The number of H-pyrrole nitrogens is 1. The fourth-order valence-electron chi connectivity index (χ4n) is 4.00. The Morgan fingerprint density at radius 3 is 3.03 bits per heavy atom. The highest BCUT2D eigenvalue weighted by Gasteiger charge is 2.23. The van der Waals surface area contributed by atoms with Crippen LogP contribution in [0, 0.1) is 0 Å². The molecule has 4 aromatic rings. The first kappa shape index (κ1) is 18.3. The van der Waals surface area contributed by atoms with E-state index in [1.54, 1.807) is 29.7 Å². The predicted molar refractivity (Wildman–Crippen MR) is 108 cm³/mol. The van der Waals surface area contributed by atoms with Crippen LogP contribution in [0.25, 0.3) is 21.9 Å². The van der Waals surface area contributed by atoms with Crippen LogP contribution in [0.15, 0.2) is 32.0 Å². The highest BCUT2D eigenvalue weighted by Crippen LogP contribution is 2.34. The number of rotatable bonds is 7. The normalized spacial score (nSPS) is 14.5. The van der Waals surface area contributed by atoms with E-state index in [1.165, 1.54) is 15.3 Å². The molecule has 1 aliphatic rings. The van der Waals surface area contributed by atoms with Gasteiger partial charge in [-0.2, -0.15) is 0 Å². The van der Waals surface area contributed by atoms with E-state index in [1.807, 2.05) is 0 Å². The smallest absolute Gasteiger partial charge is 0.283 e. The molecule has 0 amide bonds. The maximum atomic E-state index is 12.7. The van der Waals surface area contributed by atoms with Gasteiger partial charge in [0.1, 0.15) is 11.4 Å². The third-order valence-corrected chi connectivity index (χ3v) is 6.43. The summed E-state index contributed by atoms with van der Waals surface area (Å²) >= 11 is 1.67. The number of furan rings is 1. The van der Waals surface area contributed by atoms with Gasteiger partial charge in [-0.15, -0.1) is 21.5 Å². The maximum Gasteiger partial charge on any atom is 0.283 e. The Bertz CT molecular complexity index is 1190. The zero-order valence-corrected chi connectivity index (χ0v) is 17.0. The van der Waals surface area contributed by atoms with Gasteiger partial charge in [-0.3, -0.25) is 4.79 Å². The summed E-state index contributed by atoms with van der Waals surface area (Å²) in [5.74, 6) is 2.18. The largest absolute Gasteiger partial charge is 0.459 e. The van der Waals surface area contributed by atoms with Crippen molar-refractivity contribution in [3.63, 3.8) is 0 Å². The summed E-state index contributed by atoms with van der Waals surface area (Å²) in [5.41, 5.74) is 1.19. The lowest BCUT2D eigenvalue weighted by Crippen LogP contribution is -3.09. The van der Waals surface area contributed by atoms with Gasteiger partial charge >= 0.3 is 0 Å². The van der Waals surface area contributed by atoms with Crippen LogP contribution in [0.4, 0.5) is 0 Å². The molecule has 4 aromatic heterocycles. The Kier molecular flexibility index (Phi) is 4.76. The monoisotopic (exact) mass is 412 g/mol. The molecule has 150 valence electrons. The summed E-state index contributed by atoms with van der Waals surface area (Å²) in [7, 11) is 0. The topological polar surface area (TPSA) is 102 Å². The molecule has 1 unspecified atom stereocenters. The third kappa shape index (κ3) is 3.51. The quantitative estimate of drug-likeness (QED) is 0.482. The van der Waals surface area contributed by atoms with Crippen LogP contribution >= 0.6 is 11.3 Å². The molecule has 4 heterocycles. The van der Waals surface area contributed by atoms with Crippen LogP contribution in [-0.4, -0.2) is 26.7 Å². The van der Waals surface area contributed by atoms with Crippen LogP contribution < -0.4 is 10.5 Å². The summed E-state index contributed by atoms with van der Waals surface area (Å²) in [4.78, 5) is 23.9. The lowest BCUT2D eigenvalue weighted by atomic mass is 10.2. The van der Waals surface area contributed by atoms with E-state index >= 15 is 0 Å². The molecule has 0 spiro atoms. The summed E-state index contributed by atoms with van der Waals surface area (Å²) in [5, 5.41) is 9.01. The Morgan fingerprint density at radius 1 is 1.28 bits per heavy atom. The minimum Gasteiger partial charge on any atom is -0.459 e. The van der Waals surface area contributed by atoms with Gasteiger partial charge in [0.25, 0.3) is 17.3 Å². The molecule has 0 saturated heterocycles. The Labute approximate surface area is 170 Å². The molecule has 1 aliphatic carbocycles. The van der Waals surface area contributed by atoms with E-state index in [2.05, 4.69) is 22.1 Å². The van der Waals surface area contributed by atoms with Crippen LogP contribution in [0.3, 0.4) is 0 Å². The van der Waals surface area contributed by atoms with Gasteiger partial charge in [-0.05, 0) is 43.4 Å². The second-order valence-electron chi connectivity index (χ2n) is 7.38. The highest BCUT2D eigenvalue weighted by atomic mass is 32.1. The molecule has 0 saturated carbocycles. The molecular formula is C20H22N5O3S+. The van der Waals surface area contributed by atoms with E-state index in [4.69, 9.17) is 13.8 Å². The number of quaternary nitrogens is 1. The molecule has 0 radical (unpaired) electrons. The molecular weight excluding hydrogens is 390 g/mol. The number of aromatic amines is 1. The van der Waals surface area contributed by atoms with E-state index in [0.717, 1.165) is 42.4 Å². The second kappa shape index (κ2) is 7.57. The number of nitrogens with zero attached hydrogens (tertiary/aromatic N) is 3. The van der Waals surface area contributed by atoms with Crippen molar-refractivity contribution in [2.45, 2.75) is 45.7 Å². The van der Waals surface area contributed by atoms with Crippen molar-refractivity contribution in [2.75, 3.05) is 6.54 Å². The zero-order chi connectivity index (χ0) is 19.8. The molecule has 0 aromatic carbocycles. The number of aromatic nitrogens is 4. The van der Waals surface area contributed by atoms with Gasteiger partial charge in [0.2, 0.25) is 0 Å². The van der Waals surface area contributed by atoms with Gasteiger partial charge in [-0.25, -0.2) is 4.98 Å². The third-order valence-electron chi connectivity index (χ3n) is 5.25.